The predicted octanol–water partition coefficient (Wildman–Crippen LogP) is 5.73. The van der Waals surface area contributed by atoms with E-state index in [1.54, 1.807) is 35.3 Å². The minimum absolute atomic E-state index is 0.0880. The largest absolute Gasteiger partial charge is 0.284 e. The maximum Gasteiger partial charge on any atom is 0.284 e. The standard InChI is InChI=1S/C23H17Cl2N5O4/c1-12-19(13(2)21(25)14(3)20(12)24)22-26-34-30-27(22)17-10-6-7-11-18(17)28(30)23(31)15-8-4-5-9-16(15)29(32)33/h4-11H,1-3H3. The number of nitrogens with zero attached hydrogens (tertiary/aromatic N) is 5. The second-order valence-corrected chi connectivity index (χ2v) is 8.57. The van der Waals surface area contributed by atoms with Crippen LogP contribution < -0.4 is 10.0 Å². The summed E-state index contributed by atoms with van der Waals surface area (Å²) in [6.07, 6.45) is 0. The summed E-state index contributed by atoms with van der Waals surface area (Å²) in [6.45, 7) is 5.56. The number of para-hydroxylation sites is 3. The number of nitro benzene ring substituents is 1. The number of amides is 1. The van der Waals surface area contributed by atoms with Crippen molar-refractivity contribution in [3.63, 3.8) is 0 Å². The zero-order valence-corrected chi connectivity index (χ0v) is 19.8. The van der Waals surface area contributed by atoms with Gasteiger partial charge in [0, 0.05) is 21.7 Å². The number of oxime groups is 1. The highest BCUT2D eigenvalue weighted by molar-refractivity contribution is 6.38. The van der Waals surface area contributed by atoms with Gasteiger partial charge in [-0.15, -0.1) is 0 Å². The van der Waals surface area contributed by atoms with Gasteiger partial charge in [0.05, 0.1) is 21.6 Å². The third-order valence-corrected chi connectivity index (χ3v) is 7.03. The Morgan fingerprint density at radius 3 is 2.18 bits per heavy atom. The normalized spacial score (nSPS) is 14.6. The molecule has 1 amide bonds. The van der Waals surface area contributed by atoms with Crippen LogP contribution >= 0.6 is 23.2 Å². The zero-order valence-electron chi connectivity index (χ0n) is 18.2. The van der Waals surface area contributed by atoms with E-state index in [-0.39, 0.29) is 11.3 Å². The number of benzene rings is 3. The van der Waals surface area contributed by atoms with Crippen molar-refractivity contribution in [3.8, 4) is 0 Å². The predicted molar refractivity (Wildman–Crippen MR) is 129 cm³/mol. The van der Waals surface area contributed by atoms with Crippen molar-refractivity contribution in [2.24, 2.45) is 5.16 Å². The molecule has 2 heterocycles. The van der Waals surface area contributed by atoms with Gasteiger partial charge in [-0.05, 0) is 60.8 Å². The molecule has 0 saturated carbocycles. The molecule has 11 heteroatoms. The second kappa shape index (κ2) is 7.98. The maximum atomic E-state index is 13.6. The molecule has 34 heavy (non-hydrogen) atoms. The summed E-state index contributed by atoms with van der Waals surface area (Å²) >= 11 is 13.1. The van der Waals surface area contributed by atoms with Gasteiger partial charge in [0.15, 0.2) is 0 Å². The van der Waals surface area contributed by atoms with E-state index in [2.05, 4.69) is 5.16 Å². The van der Waals surface area contributed by atoms with E-state index in [0.717, 1.165) is 16.7 Å². The first-order valence-corrected chi connectivity index (χ1v) is 11.0. The van der Waals surface area contributed by atoms with Crippen LogP contribution in [0.1, 0.15) is 32.6 Å². The topological polar surface area (TPSA) is 91.5 Å². The average molecular weight is 498 g/mol. The highest BCUT2D eigenvalue weighted by Gasteiger charge is 2.48. The summed E-state index contributed by atoms with van der Waals surface area (Å²) in [5.41, 5.74) is 3.60. The first kappa shape index (κ1) is 22.1. The van der Waals surface area contributed by atoms with Crippen molar-refractivity contribution in [1.29, 1.82) is 0 Å². The fourth-order valence-corrected chi connectivity index (χ4v) is 4.67. The number of rotatable bonds is 3. The van der Waals surface area contributed by atoms with E-state index in [4.69, 9.17) is 28.1 Å². The number of anilines is 2. The SMILES string of the molecule is Cc1c(Cl)c(C)c(C2=NON3N(C(=O)c4ccccc4[N+](=O)[O-])c4ccccc4N23)c(C)c1Cl. The number of halogens is 2. The fourth-order valence-electron chi connectivity index (χ4n) is 4.24. The molecule has 0 bridgehead atoms. The van der Waals surface area contributed by atoms with E-state index < -0.39 is 10.8 Å². The molecule has 0 saturated heterocycles. The zero-order chi connectivity index (χ0) is 24.3. The molecular weight excluding hydrogens is 481 g/mol. The van der Waals surface area contributed by atoms with Crippen LogP contribution in [0.25, 0.3) is 0 Å². The van der Waals surface area contributed by atoms with E-state index in [0.29, 0.717) is 32.8 Å². The van der Waals surface area contributed by atoms with Crippen molar-refractivity contribution in [1.82, 2.24) is 5.28 Å². The number of hydrogen-bond acceptors (Lipinski definition) is 7. The summed E-state index contributed by atoms with van der Waals surface area (Å²) in [7, 11) is 0. The minimum atomic E-state index is -0.646. The number of carbonyl (C=O) groups is 1. The van der Waals surface area contributed by atoms with Gasteiger partial charge in [-0.25, -0.2) is 0 Å². The molecule has 0 aromatic heterocycles. The number of amidine groups is 1. The highest BCUT2D eigenvalue weighted by atomic mass is 35.5. The Labute approximate surface area is 204 Å². The van der Waals surface area contributed by atoms with E-state index in [9.17, 15) is 14.9 Å². The van der Waals surface area contributed by atoms with E-state index in [1.807, 2.05) is 20.8 Å². The molecular formula is C23H17Cl2N5O4. The Morgan fingerprint density at radius 1 is 0.941 bits per heavy atom. The summed E-state index contributed by atoms with van der Waals surface area (Å²) in [5, 5.41) is 20.8. The lowest BCUT2D eigenvalue weighted by Crippen LogP contribution is -2.49. The quantitative estimate of drug-likeness (QED) is 0.338. The molecule has 3 aromatic carbocycles. The molecule has 2 aliphatic rings. The van der Waals surface area contributed by atoms with Crippen LogP contribution in [-0.2, 0) is 4.94 Å². The van der Waals surface area contributed by atoms with Gasteiger partial charge in [-0.1, -0.05) is 47.5 Å². The molecule has 3 aromatic rings. The van der Waals surface area contributed by atoms with Crippen LogP contribution in [-0.4, -0.2) is 21.9 Å². The van der Waals surface area contributed by atoms with Gasteiger partial charge in [-0.2, -0.15) is 10.0 Å². The molecule has 0 radical (unpaired) electrons. The van der Waals surface area contributed by atoms with Crippen molar-refractivity contribution in [2.75, 3.05) is 10.0 Å². The molecule has 0 spiro atoms. The van der Waals surface area contributed by atoms with Gasteiger partial charge in [0.2, 0.25) is 5.84 Å². The van der Waals surface area contributed by atoms with Crippen LogP contribution in [0.4, 0.5) is 17.1 Å². The fraction of sp³-hybridized carbons (Fsp3) is 0.130. The van der Waals surface area contributed by atoms with Gasteiger partial charge < -0.3 is 0 Å². The number of nitro groups is 1. The smallest absolute Gasteiger partial charge is 0.267 e. The van der Waals surface area contributed by atoms with Gasteiger partial charge in [0.25, 0.3) is 11.6 Å². The second-order valence-electron chi connectivity index (χ2n) is 7.82. The monoisotopic (exact) mass is 497 g/mol. The molecule has 0 aliphatic carbocycles. The Balaban J connectivity index is 1.65. The first-order chi connectivity index (χ1) is 16.2. The molecule has 9 nitrogen and oxygen atoms in total. The third kappa shape index (κ3) is 3.05. The van der Waals surface area contributed by atoms with Crippen LogP contribution in [0.3, 0.4) is 0 Å². The van der Waals surface area contributed by atoms with Gasteiger partial charge in [-0.3, -0.25) is 19.8 Å². The lowest BCUT2D eigenvalue weighted by Gasteiger charge is -2.25. The lowest BCUT2D eigenvalue weighted by atomic mass is 9.98. The molecule has 0 fully saturated rings. The number of fused-ring (bicyclic) bond motifs is 3. The minimum Gasteiger partial charge on any atom is -0.267 e. The summed E-state index contributed by atoms with van der Waals surface area (Å²) < 4.78 is 0. The van der Waals surface area contributed by atoms with Gasteiger partial charge in [0.1, 0.15) is 5.56 Å². The number of hydrazine groups is 2. The Kier molecular flexibility index (Phi) is 5.20. The van der Waals surface area contributed by atoms with Crippen LogP contribution in [0.15, 0.2) is 53.7 Å². The van der Waals surface area contributed by atoms with Crippen molar-refractivity contribution in [2.45, 2.75) is 20.8 Å². The number of hydrogen-bond donors (Lipinski definition) is 0. The van der Waals surface area contributed by atoms with Crippen molar-refractivity contribution < 1.29 is 14.7 Å². The molecule has 5 rings (SSSR count). The van der Waals surface area contributed by atoms with Crippen LogP contribution in [0, 0.1) is 30.9 Å². The average Bonchev–Trinajstić information content (AvgIpc) is 3.40. The van der Waals surface area contributed by atoms with Crippen LogP contribution in [0.5, 0.6) is 0 Å². The molecule has 0 N–H and O–H groups in total. The number of carbonyl (C=O) groups excluding carboxylic acids is 1. The van der Waals surface area contributed by atoms with E-state index in [1.165, 1.54) is 28.5 Å². The molecule has 172 valence electrons. The maximum absolute atomic E-state index is 13.6. The summed E-state index contributed by atoms with van der Waals surface area (Å²) in [5.74, 6) is -0.267. The summed E-state index contributed by atoms with van der Waals surface area (Å²) in [6, 6.07) is 12.8. The van der Waals surface area contributed by atoms with Crippen molar-refractivity contribution in [3.05, 3.63) is 96.5 Å². The van der Waals surface area contributed by atoms with E-state index >= 15 is 0 Å². The Bertz CT molecular complexity index is 1400. The Morgan fingerprint density at radius 2 is 1.53 bits per heavy atom. The third-order valence-electron chi connectivity index (χ3n) is 5.90. The van der Waals surface area contributed by atoms with Gasteiger partial charge >= 0.3 is 0 Å². The molecule has 0 unspecified atom stereocenters. The van der Waals surface area contributed by atoms with Crippen LogP contribution in [0.2, 0.25) is 10.0 Å². The molecule has 2 aliphatic heterocycles. The highest BCUT2D eigenvalue weighted by Crippen LogP contribution is 2.45. The molecule has 0 atom stereocenters. The van der Waals surface area contributed by atoms with Crippen molar-refractivity contribution >= 4 is 52.0 Å². The lowest BCUT2D eigenvalue weighted by molar-refractivity contribution is -0.385. The Hall–Kier alpha value is -3.66. The summed E-state index contributed by atoms with van der Waals surface area (Å²) in [4.78, 5) is 30.1. The first-order valence-electron chi connectivity index (χ1n) is 10.2.